The van der Waals surface area contributed by atoms with Crippen LogP contribution in [0.15, 0.2) is 23.4 Å². The van der Waals surface area contributed by atoms with Gasteiger partial charge in [0.25, 0.3) is 0 Å². The van der Waals surface area contributed by atoms with Gasteiger partial charge in [-0.25, -0.2) is 4.79 Å². The fourth-order valence-corrected chi connectivity index (χ4v) is 1.96. The average molecular weight is 312 g/mol. The maximum atomic E-state index is 11.5. The minimum Gasteiger partial charge on any atom is -0.489 e. The second kappa shape index (κ2) is 7.08. The van der Waals surface area contributed by atoms with E-state index in [0.717, 1.165) is 0 Å². The summed E-state index contributed by atoms with van der Waals surface area (Å²) < 4.78 is 10.3. The summed E-state index contributed by atoms with van der Waals surface area (Å²) in [6, 6.07) is 4.74. The Labute approximate surface area is 126 Å². The molecule has 21 heavy (non-hydrogen) atoms. The van der Waals surface area contributed by atoms with Gasteiger partial charge in [0, 0.05) is 11.4 Å². The molecule has 1 unspecified atom stereocenters. The summed E-state index contributed by atoms with van der Waals surface area (Å²) in [5.74, 6) is -0.0809. The second-order valence-electron chi connectivity index (χ2n) is 4.30. The molecular weight excluding hydrogens is 298 g/mol. The highest BCUT2D eigenvalue weighted by molar-refractivity contribution is 6.36. The smallest absolute Gasteiger partial charge is 0.356 e. The molecule has 0 saturated carbocycles. The number of carbonyl (C=O) groups is 2. The van der Waals surface area contributed by atoms with Crippen LogP contribution in [0.5, 0.6) is 5.75 Å². The van der Waals surface area contributed by atoms with Crippen LogP contribution < -0.4 is 4.74 Å². The average Bonchev–Trinajstić information content (AvgIpc) is 2.95. The molecule has 0 spiro atoms. The van der Waals surface area contributed by atoms with Crippen molar-refractivity contribution in [3.8, 4) is 5.75 Å². The third-order valence-electron chi connectivity index (χ3n) is 2.77. The molecule has 0 bridgehead atoms. The summed E-state index contributed by atoms with van der Waals surface area (Å²) in [5.41, 5.74) is 0.587. The van der Waals surface area contributed by atoms with Crippen molar-refractivity contribution < 1.29 is 23.9 Å². The van der Waals surface area contributed by atoms with Crippen LogP contribution in [0, 0.1) is 0 Å². The number of ether oxygens (including phenoxy) is 2. The first-order chi connectivity index (χ1) is 10.1. The summed E-state index contributed by atoms with van der Waals surface area (Å²) in [6.45, 7) is 2.16. The van der Waals surface area contributed by atoms with Crippen LogP contribution in [0.3, 0.4) is 0 Å². The third kappa shape index (κ3) is 3.95. The number of hydrogen-bond acceptors (Lipinski definition) is 6. The minimum atomic E-state index is -0.486. The number of rotatable bonds is 6. The maximum absolute atomic E-state index is 11.5. The molecule has 1 aromatic carbocycles. The van der Waals surface area contributed by atoms with E-state index in [1.165, 1.54) is 6.07 Å². The Morgan fingerprint density at radius 1 is 1.57 bits per heavy atom. The van der Waals surface area contributed by atoms with E-state index in [1.807, 2.05) is 0 Å². The number of benzene rings is 1. The lowest BCUT2D eigenvalue weighted by atomic mass is 10.2. The molecule has 0 aromatic heterocycles. The quantitative estimate of drug-likeness (QED) is 0.595. The molecular formula is C14H14ClNO5. The lowest BCUT2D eigenvalue weighted by molar-refractivity contribution is -0.135. The number of aldehydes is 1. The van der Waals surface area contributed by atoms with Gasteiger partial charge in [-0.2, -0.15) is 0 Å². The van der Waals surface area contributed by atoms with E-state index in [1.54, 1.807) is 19.1 Å². The molecule has 6 nitrogen and oxygen atoms in total. The molecule has 1 aliphatic rings. The molecule has 0 aliphatic carbocycles. The summed E-state index contributed by atoms with van der Waals surface area (Å²) in [5, 5.41) is 4.13. The van der Waals surface area contributed by atoms with Gasteiger partial charge in [0.15, 0.2) is 18.1 Å². The van der Waals surface area contributed by atoms with Crippen LogP contribution in [0.4, 0.5) is 0 Å². The number of carbonyl (C=O) groups excluding carboxylic acids is 2. The molecule has 112 valence electrons. The van der Waals surface area contributed by atoms with E-state index in [4.69, 9.17) is 25.9 Å². The minimum absolute atomic E-state index is 0.162. The van der Waals surface area contributed by atoms with Crippen LogP contribution in [-0.4, -0.2) is 37.3 Å². The normalized spacial score (nSPS) is 16.9. The Kier molecular flexibility index (Phi) is 5.16. The molecule has 1 aliphatic heterocycles. The largest absolute Gasteiger partial charge is 0.489 e. The predicted octanol–water partition coefficient (Wildman–Crippen LogP) is 2.24. The maximum Gasteiger partial charge on any atom is 0.356 e. The van der Waals surface area contributed by atoms with Gasteiger partial charge in [0.2, 0.25) is 0 Å². The van der Waals surface area contributed by atoms with E-state index >= 15 is 0 Å². The zero-order chi connectivity index (χ0) is 15.2. The lowest BCUT2D eigenvalue weighted by Crippen LogP contribution is -2.22. The molecule has 0 fully saturated rings. The number of esters is 1. The van der Waals surface area contributed by atoms with Gasteiger partial charge >= 0.3 is 5.97 Å². The van der Waals surface area contributed by atoms with Crippen LogP contribution in [0.2, 0.25) is 5.02 Å². The van der Waals surface area contributed by atoms with Crippen molar-refractivity contribution in [3.63, 3.8) is 0 Å². The Hall–Kier alpha value is -2.08. The predicted molar refractivity (Wildman–Crippen MR) is 75.9 cm³/mol. The molecule has 1 heterocycles. The SMILES string of the molecule is CCOC(=O)C1=NOC(COc2ccc(Cl)cc2C=O)C1. The van der Waals surface area contributed by atoms with Gasteiger partial charge < -0.3 is 14.3 Å². The topological polar surface area (TPSA) is 74.2 Å². The molecule has 1 atom stereocenters. The van der Waals surface area contributed by atoms with E-state index in [9.17, 15) is 9.59 Å². The first kappa shape index (κ1) is 15.3. The highest BCUT2D eigenvalue weighted by atomic mass is 35.5. The van der Waals surface area contributed by atoms with Crippen LogP contribution in [-0.2, 0) is 14.4 Å². The van der Waals surface area contributed by atoms with Crippen LogP contribution in [0.25, 0.3) is 0 Å². The number of nitrogens with zero attached hydrogens (tertiary/aromatic N) is 1. The fourth-order valence-electron chi connectivity index (χ4n) is 1.78. The van der Waals surface area contributed by atoms with Gasteiger partial charge in [-0.15, -0.1) is 0 Å². The Balaban J connectivity index is 1.88. The zero-order valence-electron chi connectivity index (χ0n) is 11.4. The molecule has 0 amide bonds. The summed E-state index contributed by atoms with van der Waals surface area (Å²) in [6.07, 6.45) is 0.583. The molecule has 7 heteroatoms. The van der Waals surface area contributed by atoms with Crippen LogP contribution >= 0.6 is 11.6 Å². The van der Waals surface area contributed by atoms with E-state index in [-0.39, 0.29) is 25.0 Å². The molecule has 0 radical (unpaired) electrons. The highest BCUT2D eigenvalue weighted by Gasteiger charge is 2.27. The number of hydrogen-bond donors (Lipinski definition) is 0. The Bertz CT molecular complexity index is 572. The van der Waals surface area contributed by atoms with E-state index < -0.39 is 5.97 Å². The van der Waals surface area contributed by atoms with Gasteiger partial charge in [-0.1, -0.05) is 16.8 Å². The van der Waals surface area contributed by atoms with Crippen molar-refractivity contribution in [2.45, 2.75) is 19.4 Å². The van der Waals surface area contributed by atoms with E-state index in [0.29, 0.717) is 29.0 Å². The van der Waals surface area contributed by atoms with Gasteiger partial charge in [-0.3, -0.25) is 4.79 Å². The monoisotopic (exact) mass is 311 g/mol. The number of oxime groups is 1. The van der Waals surface area contributed by atoms with Gasteiger partial charge in [0.05, 0.1) is 12.2 Å². The Morgan fingerprint density at radius 2 is 2.38 bits per heavy atom. The third-order valence-corrected chi connectivity index (χ3v) is 3.00. The molecule has 2 rings (SSSR count). The Morgan fingerprint density at radius 3 is 3.10 bits per heavy atom. The van der Waals surface area contributed by atoms with Crippen molar-refractivity contribution in [1.82, 2.24) is 0 Å². The molecule has 1 aromatic rings. The van der Waals surface area contributed by atoms with Gasteiger partial charge in [-0.05, 0) is 25.1 Å². The highest BCUT2D eigenvalue weighted by Crippen LogP contribution is 2.22. The molecule has 0 saturated heterocycles. The molecule has 0 N–H and O–H groups in total. The zero-order valence-corrected chi connectivity index (χ0v) is 12.1. The first-order valence-electron chi connectivity index (χ1n) is 6.41. The van der Waals surface area contributed by atoms with Crippen molar-refractivity contribution in [2.24, 2.45) is 5.16 Å². The summed E-state index contributed by atoms with van der Waals surface area (Å²) >= 11 is 5.80. The van der Waals surface area contributed by atoms with E-state index in [2.05, 4.69) is 5.16 Å². The summed E-state index contributed by atoms with van der Waals surface area (Å²) in [4.78, 5) is 27.5. The summed E-state index contributed by atoms with van der Waals surface area (Å²) in [7, 11) is 0. The fraction of sp³-hybridized carbons (Fsp3) is 0.357. The first-order valence-corrected chi connectivity index (χ1v) is 6.79. The number of halogens is 1. The van der Waals surface area contributed by atoms with Crippen molar-refractivity contribution in [2.75, 3.05) is 13.2 Å². The lowest BCUT2D eigenvalue weighted by Gasteiger charge is -2.12. The van der Waals surface area contributed by atoms with Crippen molar-refractivity contribution in [3.05, 3.63) is 28.8 Å². The van der Waals surface area contributed by atoms with Crippen LogP contribution in [0.1, 0.15) is 23.7 Å². The van der Waals surface area contributed by atoms with Crippen molar-refractivity contribution >= 4 is 29.6 Å². The standard InChI is InChI=1S/C14H14ClNO5/c1-2-19-14(18)12-6-11(21-16-12)8-20-13-4-3-10(15)5-9(13)7-17/h3-5,7,11H,2,6,8H2,1H3. The van der Waals surface area contributed by atoms with Gasteiger partial charge in [0.1, 0.15) is 12.4 Å². The van der Waals surface area contributed by atoms with Crippen molar-refractivity contribution in [1.29, 1.82) is 0 Å². The second-order valence-corrected chi connectivity index (χ2v) is 4.74.